The number of nitrogens with one attached hydrogen (secondary N) is 2. The van der Waals surface area contributed by atoms with Crippen LogP contribution < -0.4 is 10.7 Å². The Morgan fingerprint density at radius 3 is 2.75 bits per heavy atom. The second kappa shape index (κ2) is 4.30. The van der Waals surface area contributed by atoms with Crippen LogP contribution in [0.15, 0.2) is 28.5 Å². The SMILES string of the molecule is CC1CC(C2(C)C=CC3=C(C2)C(C)C(=O)N3)=NNC1=O. The van der Waals surface area contributed by atoms with Crippen molar-refractivity contribution in [2.45, 2.75) is 33.6 Å². The molecule has 3 unspecified atom stereocenters. The molecule has 2 aliphatic heterocycles. The van der Waals surface area contributed by atoms with Crippen molar-refractivity contribution in [2.24, 2.45) is 22.4 Å². The zero-order chi connectivity index (χ0) is 14.5. The summed E-state index contributed by atoms with van der Waals surface area (Å²) in [5.74, 6) is -0.0892. The van der Waals surface area contributed by atoms with Gasteiger partial charge in [0.25, 0.3) is 0 Å². The summed E-state index contributed by atoms with van der Waals surface area (Å²) in [7, 11) is 0. The van der Waals surface area contributed by atoms with E-state index in [0.717, 1.165) is 23.4 Å². The Bertz CT molecular complexity index is 588. The largest absolute Gasteiger partial charge is 0.326 e. The molecule has 0 aromatic rings. The maximum Gasteiger partial charge on any atom is 0.243 e. The highest BCUT2D eigenvalue weighted by atomic mass is 16.2. The highest BCUT2D eigenvalue weighted by Crippen LogP contribution is 2.41. The fourth-order valence-electron chi connectivity index (χ4n) is 3.05. The van der Waals surface area contributed by atoms with Gasteiger partial charge in [0.15, 0.2) is 0 Å². The van der Waals surface area contributed by atoms with Crippen molar-refractivity contribution in [1.29, 1.82) is 0 Å². The topological polar surface area (TPSA) is 70.6 Å². The summed E-state index contributed by atoms with van der Waals surface area (Å²) in [6, 6.07) is 0. The molecular weight excluding hydrogens is 254 g/mol. The zero-order valence-electron chi connectivity index (χ0n) is 12.0. The Hall–Kier alpha value is -1.91. The first-order valence-electron chi connectivity index (χ1n) is 7.01. The predicted octanol–water partition coefficient (Wildman–Crippen LogP) is 1.48. The fourth-order valence-corrected chi connectivity index (χ4v) is 3.05. The number of carbonyl (C=O) groups is 2. The van der Waals surface area contributed by atoms with Crippen LogP contribution in [0.25, 0.3) is 0 Å². The van der Waals surface area contributed by atoms with Crippen LogP contribution in [-0.2, 0) is 9.59 Å². The number of hydrogen-bond acceptors (Lipinski definition) is 3. The first kappa shape index (κ1) is 13.1. The standard InChI is InChI=1S/C15H19N3O2/c1-8-6-12(17-18-13(8)19)15(3)5-4-11-10(7-15)9(2)14(20)16-11/h4-5,8-9H,6-7H2,1-3H3,(H,16,20)(H,18,19). The van der Waals surface area contributed by atoms with Gasteiger partial charge in [-0.1, -0.05) is 19.9 Å². The van der Waals surface area contributed by atoms with Gasteiger partial charge in [-0.3, -0.25) is 9.59 Å². The van der Waals surface area contributed by atoms with E-state index < -0.39 is 0 Å². The van der Waals surface area contributed by atoms with E-state index in [0.29, 0.717) is 6.42 Å². The minimum Gasteiger partial charge on any atom is -0.326 e. The lowest BCUT2D eigenvalue weighted by molar-refractivity contribution is -0.124. The summed E-state index contributed by atoms with van der Waals surface area (Å²) in [5, 5.41) is 7.16. The molecule has 2 amide bonds. The summed E-state index contributed by atoms with van der Waals surface area (Å²) < 4.78 is 0. The van der Waals surface area contributed by atoms with Gasteiger partial charge >= 0.3 is 0 Å². The van der Waals surface area contributed by atoms with E-state index in [1.165, 1.54) is 0 Å². The van der Waals surface area contributed by atoms with Crippen LogP contribution in [-0.4, -0.2) is 17.5 Å². The van der Waals surface area contributed by atoms with Gasteiger partial charge in [-0.05, 0) is 31.4 Å². The van der Waals surface area contributed by atoms with Gasteiger partial charge in [-0.2, -0.15) is 5.10 Å². The number of hydrogen-bond donors (Lipinski definition) is 2. The molecule has 0 radical (unpaired) electrons. The molecule has 0 aromatic carbocycles. The third-order valence-electron chi connectivity index (χ3n) is 4.60. The average molecular weight is 273 g/mol. The van der Waals surface area contributed by atoms with E-state index >= 15 is 0 Å². The maximum absolute atomic E-state index is 11.7. The lowest BCUT2D eigenvalue weighted by atomic mass is 9.71. The van der Waals surface area contributed by atoms with Gasteiger partial charge in [0.05, 0.1) is 5.92 Å². The number of amides is 2. The number of carbonyl (C=O) groups excluding carboxylic acids is 2. The van der Waals surface area contributed by atoms with Crippen molar-refractivity contribution in [1.82, 2.24) is 10.7 Å². The molecule has 2 N–H and O–H groups in total. The van der Waals surface area contributed by atoms with Crippen LogP contribution in [0.1, 0.15) is 33.6 Å². The Morgan fingerprint density at radius 2 is 2.05 bits per heavy atom. The molecule has 5 heteroatoms. The Morgan fingerprint density at radius 1 is 1.30 bits per heavy atom. The fraction of sp³-hybridized carbons (Fsp3) is 0.533. The molecule has 106 valence electrons. The molecule has 0 spiro atoms. The third kappa shape index (κ3) is 1.88. The quantitative estimate of drug-likeness (QED) is 0.759. The summed E-state index contributed by atoms with van der Waals surface area (Å²) >= 11 is 0. The Balaban J connectivity index is 1.88. The monoisotopic (exact) mass is 273 g/mol. The Kier molecular flexibility index (Phi) is 2.81. The predicted molar refractivity (Wildman–Crippen MR) is 75.6 cm³/mol. The minimum atomic E-state index is -0.221. The molecule has 3 aliphatic rings. The average Bonchev–Trinajstić information content (AvgIpc) is 2.69. The van der Waals surface area contributed by atoms with E-state index in [9.17, 15) is 9.59 Å². The second-order valence-electron chi connectivity index (χ2n) is 6.22. The minimum absolute atomic E-state index is 0.0249. The molecule has 0 fully saturated rings. The normalized spacial score (nSPS) is 36.5. The van der Waals surface area contributed by atoms with E-state index in [4.69, 9.17) is 0 Å². The molecule has 3 atom stereocenters. The zero-order valence-corrected chi connectivity index (χ0v) is 12.0. The van der Waals surface area contributed by atoms with Crippen LogP contribution in [0.5, 0.6) is 0 Å². The van der Waals surface area contributed by atoms with Crippen LogP contribution in [0.4, 0.5) is 0 Å². The molecule has 0 saturated carbocycles. The maximum atomic E-state index is 11.7. The van der Waals surface area contributed by atoms with Gasteiger partial charge in [-0.25, -0.2) is 5.43 Å². The number of rotatable bonds is 1. The lowest BCUT2D eigenvalue weighted by Gasteiger charge is -2.34. The number of nitrogens with zero attached hydrogens (tertiary/aromatic N) is 1. The molecule has 1 aliphatic carbocycles. The van der Waals surface area contributed by atoms with E-state index in [1.807, 2.05) is 19.9 Å². The van der Waals surface area contributed by atoms with Gasteiger partial charge in [0.2, 0.25) is 11.8 Å². The molecule has 2 heterocycles. The molecule has 0 bridgehead atoms. The molecule has 0 aromatic heterocycles. The van der Waals surface area contributed by atoms with Gasteiger partial charge in [-0.15, -0.1) is 0 Å². The molecular formula is C15H19N3O2. The summed E-state index contributed by atoms with van der Waals surface area (Å²) in [5.41, 5.74) is 5.45. The third-order valence-corrected chi connectivity index (χ3v) is 4.60. The van der Waals surface area contributed by atoms with Gasteiger partial charge in [0.1, 0.15) is 0 Å². The van der Waals surface area contributed by atoms with Gasteiger partial charge in [0, 0.05) is 22.7 Å². The van der Waals surface area contributed by atoms with Crippen molar-refractivity contribution in [3.63, 3.8) is 0 Å². The highest BCUT2D eigenvalue weighted by Gasteiger charge is 2.40. The van der Waals surface area contributed by atoms with Crippen molar-refractivity contribution >= 4 is 17.5 Å². The summed E-state index contributed by atoms with van der Waals surface area (Å²) in [6.45, 7) is 5.96. The van der Waals surface area contributed by atoms with Gasteiger partial charge < -0.3 is 5.32 Å². The highest BCUT2D eigenvalue weighted by molar-refractivity contribution is 5.99. The smallest absolute Gasteiger partial charge is 0.243 e. The molecule has 0 saturated heterocycles. The molecule has 20 heavy (non-hydrogen) atoms. The van der Waals surface area contributed by atoms with Crippen molar-refractivity contribution in [3.8, 4) is 0 Å². The first-order valence-corrected chi connectivity index (χ1v) is 7.01. The van der Waals surface area contributed by atoms with Crippen molar-refractivity contribution in [3.05, 3.63) is 23.4 Å². The number of allylic oxidation sites excluding steroid dienone is 2. The van der Waals surface area contributed by atoms with Crippen LogP contribution in [0.3, 0.4) is 0 Å². The van der Waals surface area contributed by atoms with E-state index in [1.54, 1.807) is 0 Å². The molecule has 3 rings (SSSR count). The van der Waals surface area contributed by atoms with E-state index in [-0.39, 0.29) is 29.1 Å². The second-order valence-corrected chi connectivity index (χ2v) is 6.22. The lowest BCUT2D eigenvalue weighted by Crippen LogP contribution is -2.40. The van der Waals surface area contributed by atoms with Crippen molar-refractivity contribution in [2.75, 3.05) is 0 Å². The van der Waals surface area contributed by atoms with Crippen LogP contribution >= 0.6 is 0 Å². The van der Waals surface area contributed by atoms with E-state index in [2.05, 4.69) is 28.8 Å². The number of hydrazone groups is 1. The Labute approximate surface area is 118 Å². The first-order chi connectivity index (χ1) is 9.40. The van der Waals surface area contributed by atoms with Crippen LogP contribution in [0, 0.1) is 17.3 Å². The van der Waals surface area contributed by atoms with Crippen LogP contribution in [0.2, 0.25) is 0 Å². The van der Waals surface area contributed by atoms with Crippen molar-refractivity contribution < 1.29 is 9.59 Å². The summed E-state index contributed by atoms with van der Waals surface area (Å²) in [4.78, 5) is 23.3. The summed E-state index contributed by atoms with van der Waals surface area (Å²) in [6.07, 6.45) is 5.52. The molecule has 5 nitrogen and oxygen atoms in total.